The monoisotopic (exact) mass is 465 g/mol. The highest BCUT2D eigenvalue weighted by molar-refractivity contribution is 5.79. The number of nitrogens with one attached hydrogen (secondary N) is 2. The topological polar surface area (TPSA) is 79.4 Å². The smallest absolute Gasteiger partial charge is 0.406 e. The molecular weight excluding hydrogens is 435 g/mol. The van der Waals surface area contributed by atoms with E-state index in [4.69, 9.17) is 0 Å². The van der Waals surface area contributed by atoms with Crippen LogP contribution in [0.5, 0.6) is 5.75 Å². The van der Waals surface area contributed by atoms with Gasteiger partial charge in [-0.05, 0) is 57.2 Å². The maximum Gasteiger partial charge on any atom is 0.573 e. The average Bonchev–Trinajstić information content (AvgIpc) is 2.74. The number of nitrogens with zero attached hydrogens (tertiary/aromatic N) is 3. The number of benzene rings is 1. The second kappa shape index (κ2) is 10.3. The summed E-state index contributed by atoms with van der Waals surface area (Å²) < 4.78 is 40.8. The molecule has 180 valence electrons. The predicted molar refractivity (Wildman–Crippen MR) is 120 cm³/mol. The lowest BCUT2D eigenvalue weighted by molar-refractivity contribution is -0.274. The number of hydrogen-bond acceptors (Lipinski definition) is 6. The molecular formula is C23H30F3N5O2. The Balaban J connectivity index is 1.48. The van der Waals surface area contributed by atoms with E-state index in [1.165, 1.54) is 24.3 Å². The van der Waals surface area contributed by atoms with E-state index in [9.17, 15) is 18.0 Å². The molecule has 7 nitrogen and oxygen atoms in total. The van der Waals surface area contributed by atoms with Crippen LogP contribution in [0.25, 0.3) is 0 Å². The van der Waals surface area contributed by atoms with Crippen molar-refractivity contribution in [3.63, 3.8) is 0 Å². The van der Waals surface area contributed by atoms with Crippen LogP contribution in [-0.4, -0.2) is 42.4 Å². The van der Waals surface area contributed by atoms with Gasteiger partial charge in [0.05, 0.1) is 6.04 Å². The van der Waals surface area contributed by atoms with Crippen molar-refractivity contribution in [3.05, 3.63) is 41.6 Å². The summed E-state index contributed by atoms with van der Waals surface area (Å²) in [5.41, 5.74) is 1.71. The Hall–Kier alpha value is -3.04. The minimum Gasteiger partial charge on any atom is -0.406 e. The van der Waals surface area contributed by atoms with Gasteiger partial charge < -0.3 is 20.3 Å². The van der Waals surface area contributed by atoms with E-state index in [1.54, 1.807) is 6.20 Å². The molecule has 1 atom stereocenters. The highest BCUT2D eigenvalue weighted by atomic mass is 19.4. The van der Waals surface area contributed by atoms with E-state index in [0.717, 1.165) is 37.1 Å². The number of anilines is 2. The SMILES string of the molecule is Cc1cnc(NC2CCC(C(=O)N[C@@H](C)c3ccc(OC(F)(F)F)cc3)CC2)nc1N(C)C. The van der Waals surface area contributed by atoms with Crippen LogP contribution in [-0.2, 0) is 4.79 Å². The molecule has 1 aromatic heterocycles. The van der Waals surface area contributed by atoms with E-state index in [1.807, 2.05) is 32.8 Å². The van der Waals surface area contributed by atoms with Crippen molar-refractivity contribution < 1.29 is 22.7 Å². The fourth-order valence-corrected chi connectivity index (χ4v) is 4.01. The van der Waals surface area contributed by atoms with Gasteiger partial charge in [-0.1, -0.05) is 12.1 Å². The highest BCUT2D eigenvalue weighted by Crippen LogP contribution is 2.28. The second-order valence-corrected chi connectivity index (χ2v) is 8.63. The predicted octanol–water partition coefficient (Wildman–Crippen LogP) is 4.60. The molecule has 1 fully saturated rings. The number of aryl methyl sites for hydroxylation is 1. The fraction of sp³-hybridized carbons (Fsp3) is 0.522. The number of hydrogen-bond donors (Lipinski definition) is 2. The minimum atomic E-state index is -4.73. The van der Waals surface area contributed by atoms with Crippen LogP contribution in [0.3, 0.4) is 0 Å². The van der Waals surface area contributed by atoms with Gasteiger partial charge in [0.15, 0.2) is 0 Å². The summed E-state index contributed by atoms with van der Waals surface area (Å²) >= 11 is 0. The largest absolute Gasteiger partial charge is 0.573 e. The maximum absolute atomic E-state index is 12.7. The number of carbonyl (C=O) groups is 1. The summed E-state index contributed by atoms with van der Waals surface area (Å²) in [6.45, 7) is 3.77. The van der Waals surface area contributed by atoms with Crippen molar-refractivity contribution in [2.75, 3.05) is 24.3 Å². The number of halogens is 3. The molecule has 1 saturated carbocycles. The van der Waals surface area contributed by atoms with Gasteiger partial charge in [-0.2, -0.15) is 4.98 Å². The Bertz CT molecular complexity index is 942. The molecule has 3 rings (SSSR count). The quantitative estimate of drug-likeness (QED) is 0.622. The molecule has 1 amide bonds. The second-order valence-electron chi connectivity index (χ2n) is 8.63. The van der Waals surface area contributed by atoms with Gasteiger partial charge in [0.2, 0.25) is 11.9 Å². The third kappa shape index (κ3) is 6.97. The first-order valence-electron chi connectivity index (χ1n) is 11.0. The summed E-state index contributed by atoms with van der Waals surface area (Å²) in [6.07, 6.45) is 0.194. The van der Waals surface area contributed by atoms with Crippen molar-refractivity contribution in [2.24, 2.45) is 5.92 Å². The number of carbonyl (C=O) groups excluding carboxylic acids is 1. The van der Waals surface area contributed by atoms with Gasteiger partial charge in [0, 0.05) is 37.8 Å². The molecule has 10 heteroatoms. The van der Waals surface area contributed by atoms with Gasteiger partial charge in [-0.3, -0.25) is 4.79 Å². The number of ether oxygens (including phenoxy) is 1. The highest BCUT2D eigenvalue weighted by Gasteiger charge is 2.31. The van der Waals surface area contributed by atoms with Gasteiger partial charge in [-0.25, -0.2) is 4.98 Å². The van der Waals surface area contributed by atoms with Gasteiger partial charge in [-0.15, -0.1) is 13.2 Å². The van der Waals surface area contributed by atoms with Crippen molar-refractivity contribution in [3.8, 4) is 5.75 Å². The number of amides is 1. The Labute approximate surface area is 191 Å². The Morgan fingerprint density at radius 1 is 1.15 bits per heavy atom. The standard InChI is InChI=1S/C23H30F3N5O2/c1-14-13-27-22(30-20(14)31(3)4)29-18-9-5-17(6-10-18)21(32)28-15(2)16-7-11-19(12-8-16)33-23(24,25)26/h7-8,11-13,15,17-18H,5-6,9-10H2,1-4H3,(H,28,32)(H,27,29,30)/t15-,17?,18?/m0/s1. The number of rotatable bonds is 7. The van der Waals surface area contributed by atoms with Gasteiger partial charge in [0.25, 0.3) is 0 Å². The lowest BCUT2D eigenvalue weighted by Crippen LogP contribution is -2.37. The minimum absolute atomic E-state index is 0.0435. The first kappa shape index (κ1) is 24.6. The summed E-state index contributed by atoms with van der Waals surface area (Å²) in [4.78, 5) is 23.6. The molecule has 0 spiro atoms. The summed E-state index contributed by atoms with van der Waals surface area (Å²) in [5.74, 6) is 1.02. The average molecular weight is 466 g/mol. The van der Waals surface area contributed by atoms with Crippen molar-refractivity contribution >= 4 is 17.7 Å². The molecule has 0 aliphatic heterocycles. The molecule has 1 heterocycles. The zero-order valence-electron chi connectivity index (χ0n) is 19.2. The van der Waals surface area contributed by atoms with Gasteiger partial charge in [0.1, 0.15) is 11.6 Å². The normalized spacial score (nSPS) is 19.5. The molecule has 2 N–H and O–H groups in total. The van der Waals surface area contributed by atoms with E-state index in [-0.39, 0.29) is 29.7 Å². The van der Waals surface area contributed by atoms with Crippen LogP contribution in [0.4, 0.5) is 24.9 Å². The van der Waals surface area contributed by atoms with Crippen LogP contribution >= 0.6 is 0 Å². The molecule has 1 aliphatic carbocycles. The van der Waals surface area contributed by atoms with Crippen molar-refractivity contribution in [1.29, 1.82) is 0 Å². The molecule has 1 aliphatic rings. The lowest BCUT2D eigenvalue weighted by Gasteiger charge is -2.29. The molecule has 0 radical (unpaired) electrons. The molecule has 0 saturated heterocycles. The third-order valence-corrected chi connectivity index (χ3v) is 5.77. The molecule has 33 heavy (non-hydrogen) atoms. The van der Waals surface area contributed by atoms with E-state index >= 15 is 0 Å². The third-order valence-electron chi connectivity index (χ3n) is 5.77. The zero-order valence-corrected chi connectivity index (χ0v) is 19.2. The molecule has 1 aromatic carbocycles. The van der Waals surface area contributed by atoms with Crippen LogP contribution in [0.15, 0.2) is 30.5 Å². The first-order valence-corrected chi connectivity index (χ1v) is 11.0. The lowest BCUT2D eigenvalue weighted by atomic mass is 9.85. The van der Waals surface area contributed by atoms with E-state index in [0.29, 0.717) is 11.5 Å². The van der Waals surface area contributed by atoms with Crippen LogP contribution in [0.1, 0.15) is 49.8 Å². The van der Waals surface area contributed by atoms with Crippen molar-refractivity contribution in [1.82, 2.24) is 15.3 Å². The maximum atomic E-state index is 12.7. The number of aromatic nitrogens is 2. The van der Waals surface area contributed by atoms with E-state index < -0.39 is 6.36 Å². The summed E-state index contributed by atoms with van der Waals surface area (Å²) in [6, 6.07) is 5.42. The fourth-order valence-electron chi connectivity index (χ4n) is 4.01. The van der Waals surface area contributed by atoms with Crippen molar-refractivity contribution in [2.45, 2.75) is 58.0 Å². The van der Waals surface area contributed by atoms with Crippen LogP contribution < -0.4 is 20.3 Å². The Morgan fingerprint density at radius 3 is 2.36 bits per heavy atom. The molecule has 2 aromatic rings. The summed E-state index contributed by atoms with van der Waals surface area (Å²) in [7, 11) is 3.88. The van der Waals surface area contributed by atoms with Crippen LogP contribution in [0.2, 0.25) is 0 Å². The first-order chi connectivity index (χ1) is 15.5. The Kier molecular flexibility index (Phi) is 7.65. The Morgan fingerprint density at radius 2 is 1.79 bits per heavy atom. The molecule has 0 unspecified atom stereocenters. The van der Waals surface area contributed by atoms with E-state index in [2.05, 4.69) is 25.3 Å². The number of alkyl halides is 3. The van der Waals surface area contributed by atoms with Crippen LogP contribution in [0, 0.1) is 12.8 Å². The molecule has 0 bridgehead atoms. The zero-order chi connectivity index (χ0) is 24.2. The van der Waals surface area contributed by atoms with Gasteiger partial charge >= 0.3 is 6.36 Å². The summed E-state index contributed by atoms with van der Waals surface area (Å²) in [5, 5.41) is 6.35.